The molecule has 0 aromatic heterocycles. The topological polar surface area (TPSA) is 87.7 Å². The molecule has 0 spiro atoms. The van der Waals surface area contributed by atoms with E-state index in [1.807, 2.05) is 18.2 Å². The summed E-state index contributed by atoms with van der Waals surface area (Å²) in [5, 5.41) is 5.12. The minimum absolute atomic E-state index is 0.193. The molecule has 1 aliphatic carbocycles. The highest BCUT2D eigenvalue weighted by Gasteiger charge is 2.49. The lowest BCUT2D eigenvalue weighted by Crippen LogP contribution is -2.42. The summed E-state index contributed by atoms with van der Waals surface area (Å²) < 4.78 is 40.5. The lowest BCUT2D eigenvalue weighted by Gasteiger charge is -2.23. The number of aryl methyl sites for hydroxylation is 2. The second-order valence-corrected chi connectivity index (χ2v) is 7.90. The van der Waals surface area contributed by atoms with Crippen molar-refractivity contribution < 1.29 is 32.3 Å². The van der Waals surface area contributed by atoms with Crippen LogP contribution in [0.2, 0.25) is 0 Å². The van der Waals surface area contributed by atoms with Crippen molar-refractivity contribution in [2.75, 3.05) is 11.9 Å². The Kier molecular flexibility index (Phi) is 5.31. The Hall–Kier alpha value is -3.56. The summed E-state index contributed by atoms with van der Waals surface area (Å²) in [5.41, 5.74) is 1.94. The maximum absolute atomic E-state index is 13.0. The number of ether oxygens (including phenoxy) is 1. The average Bonchev–Trinajstić information content (AvgIpc) is 3.27. The number of anilines is 1. The third-order valence-electron chi connectivity index (χ3n) is 5.62. The van der Waals surface area contributed by atoms with E-state index in [1.54, 1.807) is 6.92 Å². The van der Waals surface area contributed by atoms with Crippen LogP contribution in [0.3, 0.4) is 0 Å². The van der Waals surface area contributed by atoms with Crippen LogP contribution in [0.25, 0.3) is 0 Å². The van der Waals surface area contributed by atoms with Gasteiger partial charge in [-0.05, 0) is 67.1 Å². The number of urea groups is 1. The van der Waals surface area contributed by atoms with E-state index in [0.29, 0.717) is 5.56 Å². The van der Waals surface area contributed by atoms with E-state index in [4.69, 9.17) is 0 Å². The summed E-state index contributed by atoms with van der Waals surface area (Å²) in [4.78, 5) is 38.7. The Morgan fingerprint density at radius 1 is 1.12 bits per heavy atom. The molecule has 2 aromatic rings. The largest absolute Gasteiger partial charge is 0.573 e. The molecule has 0 bridgehead atoms. The predicted molar refractivity (Wildman–Crippen MR) is 108 cm³/mol. The summed E-state index contributed by atoms with van der Waals surface area (Å²) >= 11 is 0. The number of amides is 4. The standard InChI is InChI=1S/C22H20F3N3O4/c1-21(15-6-5-13-3-2-4-14(13)11-15)19(30)28(20(31)27-21)12-18(29)26-16-7-9-17(10-8-16)32-22(23,24)25/h5-11H,2-4,12H2,1H3,(H,26,29)(H,27,31). The van der Waals surface area contributed by atoms with Gasteiger partial charge in [-0.2, -0.15) is 0 Å². The van der Waals surface area contributed by atoms with Crippen molar-refractivity contribution in [2.24, 2.45) is 0 Å². The predicted octanol–water partition coefficient (Wildman–Crippen LogP) is 3.48. The van der Waals surface area contributed by atoms with Gasteiger partial charge in [-0.1, -0.05) is 18.2 Å². The first-order valence-corrected chi connectivity index (χ1v) is 9.97. The third kappa shape index (κ3) is 4.25. The van der Waals surface area contributed by atoms with Crippen LogP contribution in [0.15, 0.2) is 42.5 Å². The average molecular weight is 447 g/mol. The zero-order chi connectivity index (χ0) is 23.1. The summed E-state index contributed by atoms with van der Waals surface area (Å²) in [7, 11) is 0. The SMILES string of the molecule is CC1(c2ccc3c(c2)CCC3)NC(=O)N(CC(=O)Nc2ccc(OC(F)(F)F)cc2)C1=O. The maximum Gasteiger partial charge on any atom is 0.573 e. The number of fused-ring (bicyclic) bond motifs is 1. The monoisotopic (exact) mass is 447 g/mol. The number of imide groups is 1. The smallest absolute Gasteiger partial charge is 0.406 e. The van der Waals surface area contributed by atoms with Gasteiger partial charge in [0.15, 0.2) is 0 Å². The van der Waals surface area contributed by atoms with Crippen LogP contribution in [0, 0.1) is 0 Å². The van der Waals surface area contributed by atoms with Gasteiger partial charge < -0.3 is 15.4 Å². The molecule has 1 heterocycles. The van der Waals surface area contributed by atoms with Crippen molar-refractivity contribution >= 4 is 23.5 Å². The number of carbonyl (C=O) groups is 3. The number of alkyl halides is 3. The summed E-state index contributed by atoms with van der Waals surface area (Å²) in [6.45, 7) is 1.06. The van der Waals surface area contributed by atoms with Crippen molar-refractivity contribution in [1.29, 1.82) is 0 Å². The summed E-state index contributed by atoms with van der Waals surface area (Å²) in [5.74, 6) is -1.66. The Morgan fingerprint density at radius 2 is 1.81 bits per heavy atom. The molecule has 2 N–H and O–H groups in total. The van der Waals surface area contributed by atoms with Gasteiger partial charge in [-0.3, -0.25) is 14.5 Å². The fourth-order valence-electron chi connectivity index (χ4n) is 4.00. The molecule has 7 nitrogen and oxygen atoms in total. The number of halogens is 3. The van der Waals surface area contributed by atoms with Crippen LogP contribution < -0.4 is 15.4 Å². The minimum atomic E-state index is -4.82. The van der Waals surface area contributed by atoms with Crippen molar-refractivity contribution in [3.05, 3.63) is 59.2 Å². The first-order valence-electron chi connectivity index (χ1n) is 9.97. The number of hydrogen-bond acceptors (Lipinski definition) is 4. The molecule has 10 heteroatoms. The highest BCUT2D eigenvalue weighted by Crippen LogP contribution is 2.32. The highest BCUT2D eigenvalue weighted by atomic mass is 19.4. The normalized spacial score (nSPS) is 20.2. The van der Waals surface area contributed by atoms with E-state index in [-0.39, 0.29) is 5.69 Å². The molecule has 1 fully saturated rings. The van der Waals surface area contributed by atoms with Crippen LogP contribution >= 0.6 is 0 Å². The molecule has 2 aliphatic rings. The van der Waals surface area contributed by atoms with Crippen LogP contribution in [-0.2, 0) is 28.0 Å². The van der Waals surface area contributed by atoms with E-state index < -0.39 is 42.0 Å². The third-order valence-corrected chi connectivity index (χ3v) is 5.62. The fourth-order valence-corrected chi connectivity index (χ4v) is 4.00. The van der Waals surface area contributed by atoms with Crippen molar-refractivity contribution in [3.63, 3.8) is 0 Å². The number of benzene rings is 2. The van der Waals surface area contributed by atoms with Gasteiger partial charge in [-0.15, -0.1) is 13.2 Å². The minimum Gasteiger partial charge on any atom is -0.406 e. The number of hydrogen-bond donors (Lipinski definition) is 2. The molecule has 4 rings (SSSR count). The molecule has 0 radical (unpaired) electrons. The quantitative estimate of drug-likeness (QED) is 0.687. The molecule has 32 heavy (non-hydrogen) atoms. The zero-order valence-electron chi connectivity index (χ0n) is 17.1. The zero-order valence-corrected chi connectivity index (χ0v) is 17.1. The van der Waals surface area contributed by atoms with Crippen molar-refractivity contribution in [1.82, 2.24) is 10.2 Å². The van der Waals surface area contributed by atoms with Crippen LogP contribution in [0.1, 0.15) is 30.0 Å². The Morgan fingerprint density at radius 3 is 2.50 bits per heavy atom. The van der Waals surface area contributed by atoms with Crippen molar-refractivity contribution in [3.8, 4) is 5.75 Å². The second kappa shape index (κ2) is 7.85. The summed E-state index contributed by atoms with van der Waals surface area (Å²) in [6.07, 6.45) is -1.87. The number of nitrogens with zero attached hydrogens (tertiary/aromatic N) is 1. The lowest BCUT2D eigenvalue weighted by atomic mass is 9.89. The van der Waals surface area contributed by atoms with E-state index in [0.717, 1.165) is 41.9 Å². The van der Waals surface area contributed by atoms with Gasteiger partial charge in [0.1, 0.15) is 17.8 Å². The molecular weight excluding hydrogens is 427 g/mol. The second-order valence-electron chi connectivity index (χ2n) is 7.90. The lowest BCUT2D eigenvalue weighted by molar-refractivity contribution is -0.274. The van der Waals surface area contributed by atoms with Gasteiger partial charge in [0.05, 0.1) is 0 Å². The van der Waals surface area contributed by atoms with E-state index >= 15 is 0 Å². The molecule has 2 aromatic carbocycles. The van der Waals surface area contributed by atoms with Gasteiger partial charge >= 0.3 is 12.4 Å². The van der Waals surface area contributed by atoms with Gasteiger partial charge in [0.25, 0.3) is 5.91 Å². The Bertz CT molecular complexity index is 1080. The molecular formula is C22H20F3N3O4. The van der Waals surface area contributed by atoms with Gasteiger partial charge in [0.2, 0.25) is 5.91 Å². The van der Waals surface area contributed by atoms with Crippen molar-refractivity contribution in [2.45, 2.75) is 38.1 Å². The number of rotatable bonds is 5. The highest BCUT2D eigenvalue weighted by molar-refractivity contribution is 6.10. The maximum atomic E-state index is 13.0. The summed E-state index contributed by atoms with van der Waals surface area (Å²) in [6, 6.07) is 9.54. The molecule has 1 atom stereocenters. The van der Waals surface area contributed by atoms with Crippen LogP contribution in [0.5, 0.6) is 5.75 Å². The van der Waals surface area contributed by atoms with Crippen LogP contribution in [0.4, 0.5) is 23.7 Å². The first-order chi connectivity index (χ1) is 15.0. The Balaban J connectivity index is 1.42. The molecule has 0 saturated carbocycles. The molecule has 1 aliphatic heterocycles. The van der Waals surface area contributed by atoms with Gasteiger partial charge in [0, 0.05) is 5.69 Å². The van der Waals surface area contributed by atoms with Gasteiger partial charge in [-0.25, -0.2) is 4.79 Å². The fraction of sp³-hybridized carbons (Fsp3) is 0.318. The molecule has 1 unspecified atom stereocenters. The Labute approximate surface area is 181 Å². The molecule has 1 saturated heterocycles. The van der Waals surface area contributed by atoms with E-state index in [9.17, 15) is 27.6 Å². The van der Waals surface area contributed by atoms with E-state index in [1.165, 1.54) is 17.7 Å². The molecule has 168 valence electrons. The number of nitrogens with one attached hydrogen (secondary N) is 2. The molecule has 4 amide bonds. The number of carbonyl (C=O) groups excluding carboxylic acids is 3. The van der Waals surface area contributed by atoms with E-state index in [2.05, 4.69) is 15.4 Å². The first kappa shape index (κ1) is 21.7. The van der Waals surface area contributed by atoms with Crippen LogP contribution in [-0.4, -0.2) is 35.7 Å².